The topological polar surface area (TPSA) is 117 Å². The van der Waals surface area contributed by atoms with Gasteiger partial charge in [0.25, 0.3) is 0 Å². The Morgan fingerprint density at radius 3 is 2.33 bits per heavy atom. The molecule has 0 amide bonds. The molecule has 2 aromatic rings. The van der Waals surface area contributed by atoms with E-state index < -0.39 is 18.5 Å². The number of hydrogen-bond donors (Lipinski definition) is 2. The molecular formula is C19H14BrNO6. The van der Waals surface area contributed by atoms with E-state index in [1.165, 1.54) is 19.2 Å². The van der Waals surface area contributed by atoms with Gasteiger partial charge in [0, 0.05) is 0 Å². The summed E-state index contributed by atoms with van der Waals surface area (Å²) in [6.07, 6.45) is 1.60. The van der Waals surface area contributed by atoms with Crippen LogP contribution < -0.4 is 9.47 Å². The molecule has 0 aliphatic rings. The summed E-state index contributed by atoms with van der Waals surface area (Å²) in [4.78, 5) is 21.6. The van der Waals surface area contributed by atoms with Gasteiger partial charge in [-0.15, -0.1) is 0 Å². The lowest BCUT2D eigenvalue weighted by Crippen LogP contribution is -2.10. The van der Waals surface area contributed by atoms with Crippen molar-refractivity contribution >= 4 is 39.5 Å². The van der Waals surface area contributed by atoms with Gasteiger partial charge < -0.3 is 19.7 Å². The van der Waals surface area contributed by atoms with Crippen LogP contribution in [0.15, 0.2) is 40.9 Å². The van der Waals surface area contributed by atoms with E-state index in [-0.39, 0.29) is 11.3 Å². The second-order valence-corrected chi connectivity index (χ2v) is 6.12. The highest BCUT2D eigenvalue weighted by Gasteiger charge is 2.13. The van der Waals surface area contributed by atoms with E-state index in [0.29, 0.717) is 26.9 Å². The van der Waals surface area contributed by atoms with Crippen LogP contribution in [0, 0.1) is 11.3 Å². The number of carboxylic acids is 2. The van der Waals surface area contributed by atoms with Gasteiger partial charge in [-0.2, -0.15) is 5.26 Å². The predicted molar refractivity (Wildman–Crippen MR) is 101 cm³/mol. The number of benzene rings is 2. The van der Waals surface area contributed by atoms with Crippen molar-refractivity contribution < 1.29 is 29.3 Å². The number of aliphatic carboxylic acids is 1. The second kappa shape index (κ2) is 8.87. The Bertz CT molecular complexity index is 944. The molecule has 0 saturated heterocycles. The van der Waals surface area contributed by atoms with Crippen molar-refractivity contribution in [3.8, 4) is 17.6 Å². The van der Waals surface area contributed by atoms with Gasteiger partial charge in [0.15, 0.2) is 18.1 Å². The normalized spacial score (nSPS) is 10.8. The molecule has 0 aliphatic carbocycles. The molecule has 0 fully saturated rings. The maximum absolute atomic E-state index is 10.9. The average molecular weight is 432 g/mol. The minimum Gasteiger partial charge on any atom is -0.493 e. The van der Waals surface area contributed by atoms with Crippen molar-refractivity contribution in [3.63, 3.8) is 0 Å². The molecule has 2 N–H and O–H groups in total. The third-order valence-corrected chi connectivity index (χ3v) is 4.06. The lowest BCUT2D eigenvalue weighted by molar-refractivity contribution is -0.139. The number of aromatic carboxylic acids is 1. The molecule has 0 radical (unpaired) electrons. The van der Waals surface area contributed by atoms with Gasteiger partial charge in [-0.25, -0.2) is 9.59 Å². The van der Waals surface area contributed by atoms with Gasteiger partial charge in [-0.05, 0) is 57.4 Å². The van der Waals surface area contributed by atoms with E-state index in [1.807, 2.05) is 0 Å². The van der Waals surface area contributed by atoms with Gasteiger partial charge in [0.2, 0.25) is 0 Å². The number of halogens is 1. The number of hydrogen-bond acceptors (Lipinski definition) is 5. The molecule has 7 nitrogen and oxygen atoms in total. The van der Waals surface area contributed by atoms with Crippen molar-refractivity contribution in [2.24, 2.45) is 0 Å². The molecule has 2 rings (SSSR count). The highest BCUT2D eigenvalue weighted by Crippen LogP contribution is 2.37. The lowest BCUT2D eigenvalue weighted by atomic mass is 10.0. The monoisotopic (exact) mass is 431 g/mol. The van der Waals surface area contributed by atoms with Crippen LogP contribution in [0.25, 0.3) is 11.6 Å². The fraction of sp³-hybridized carbons (Fsp3) is 0.105. The van der Waals surface area contributed by atoms with Gasteiger partial charge >= 0.3 is 11.9 Å². The van der Waals surface area contributed by atoms with Crippen molar-refractivity contribution in [2.45, 2.75) is 0 Å². The number of carboxylic acid groups (broad SMARTS) is 2. The Balaban J connectivity index is 2.40. The smallest absolute Gasteiger partial charge is 0.341 e. The molecule has 138 valence electrons. The highest BCUT2D eigenvalue weighted by molar-refractivity contribution is 9.10. The number of allylic oxidation sites excluding steroid dienone is 1. The third-order valence-electron chi connectivity index (χ3n) is 3.47. The molecule has 0 heterocycles. The number of nitriles is 1. The molecule has 27 heavy (non-hydrogen) atoms. The summed E-state index contributed by atoms with van der Waals surface area (Å²) >= 11 is 3.31. The first-order chi connectivity index (χ1) is 12.8. The summed E-state index contributed by atoms with van der Waals surface area (Å²) in [6, 6.07) is 11.3. The molecule has 0 saturated carbocycles. The Labute approximate surface area is 163 Å². The zero-order chi connectivity index (χ0) is 20.0. The highest BCUT2D eigenvalue weighted by atomic mass is 79.9. The molecule has 0 aliphatic heterocycles. The maximum atomic E-state index is 10.9. The molecule has 0 spiro atoms. The Kier molecular flexibility index (Phi) is 6.57. The van der Waals surface area contributed by atoms with Gasteiger partial charge in [-0.3, -0.25) is 0 Å². The van der Waals surface area contributed by atoms with Crippen LogP contribution in [0.1, 0.15) is 21.5 Å². The van der Waals surface area contributed by atoms with Crippen LogP contribution in [-0.4, -0.2) is 35.9 Å². The summed E-state index contributed by atoms with van der Waals surface area (Å²) < 4.78 is 10.9. The fourth-order valence-corrected chi connectivity index (χ4v) is 2.81. The molecule has 0 atom stereocenters. The van der Waals surface area contributed by atoms with Gasteiger partial charge in [0.05, 0.1) is 28.8 Å². The van der Waals surface area contributed by atoms with Crippen molar-refractivity contribution in [1.82, 2.24) is 0 Å². The first kappa shape index (κ1) is 20.0. The van der Waals surface area contributed by atoms with Gasteiger partial charge in [0.1, 0.15) is 0 Å². The van der Waals surface area contributed by atoms with Crippen LogP contribution in [0.5, 0.6) is 11.5 Å². The number of ether oxygens (including phenoxy) is 2. The van der Waals surface area contributed by atoms with Crippen molar-refractivity contribution in [3.05, 3.63) is 57.6 Å². The van der Waals surface area contributed by atoms with Crippen molar-refractivity contribution in [1.29, 1.82) is 5.26 Å². The van der Waals surface area contributed by atoms with Gasteiger partial charge in [-0.1, -0.05) is 12.1 Å². The number of methoxy groups -OCH3 is 1. The Morgan fingerprint density at radius 1 is 1.19 bits per heavy atom. The summed E-state index contributed by atoms with van der Waals surface area (Å²) in [5, 5.41) is 27.2. The predicted octanol–water partition coefficient (Wildman–Crippen LogP) is 3.68. The quantitative estimate of drug-likeness (QED) is 0.506. The van der Waals surface area contributed by atoms with Crippen LogP contribution in [0.4, 0.5) is 0 Å². The average Bonchev–Trinajstić information content (AvgIpc) is 2.64. The first-order valence-electron chi connectivity index (χ1n) is 7.53. The van der Waals surface area contributed by atoms with E-state index in [2.05, 4.69) is 22.0 Å². The van der Waals surface area contributed by atoms with E-state index in [0.717, 1.165) is 0 Å². The standard InChI is InChI=1S/C19H14BrNO6/c1-26-16-8-11(7-15(20)18(16)27-10-17(22)23)6-14(9-21)12-2-4-13(5-3-12)19(24)25/h2-8H,10H2,1H3,(H,22,23)(H,24,25). The number of nitrogens with zero attached hydrogens (tertiary/aromatic N) is 1. The van der Waals surface area contributed by atoms with E-state index in [4.69, 9.17) is 19.7 Å². The van der Waals surface area contributed by atoms with Crippen LogP contribution in [0.3, 0.4) is 0 Å². The summed E-state index contributed by atoms with van der Waals surface area (Å²) in [7, 11) is 1.42. The molecule has 0 bridgehead atoms. The summed E-state index contributed by atoms with van der Waals surface area (Å²) in [5.41, 5.74) is 1.62. The van der Waals surface area contributed by atoms with E-state index >= 15 is 0 Å². The zero-order valence-electron chi connectivity index (χ0n) is 14.1. The van der Waals surface area contributed by atoms with Crippen molar-refractivity contribution in [2.75, 3.05) is 13.7 Å². The van der Waals surface area contributed by atoms with E-state index in [9.17, 15) is 14.9 Å². The summed E-state index contributed by atoms with van der Waals surface area (Å²) in [6.45, 7) is -0.524. The zero-order valence-corrected chi connectivity index (χ0v) is 15.7. The van der Waals surface area contributed by atoms with Crippen LogP contribution in [0.2, 0.25) is 0 Å². The van der Waals surface area contributed by atoms with Crippen LogP contribution >= 0.6 is 15.9 Å². The lowest BCUT2D eigenvalue weighted by Gasteiger charge is -2.12. The number of carbonyl (C=O) groups is 2. The second-order valence-electron chi connectivity index (χ2n) is 5.27. The first-order valence-corrected chi connectivity index (χ1v) is 8.32. The SMILES string of the molecule is COc1cc(C=C(C#N)c2ccc(C(=O)O)cc2)cc(Br)c1OCC(=O)O. The van der Waals surface area contributed by atoms with E-state index in [1.54, 1.807) is 30.3 Å². The molecular weight excluding hydrogens is 418 g/mol. The fourth-order valence-electron chi connectivity index (χ4n) is 2.24. The molecule has 0 aromatic heterocycles. The van der Waals surface area contributed by atoms with Crippen LogP contribution in [-0.2, 0) is 4.79 Å². The Hall–Kier alpha value is -3.31. The number of rotatable bonds is 7. The Morgan fingerprint density at radius 2 is 1.81 bits per heavy atom. The third kappa shape index (κ3) is 5.09. The minimum absolute atomic E-state index is 0.125. The molecule has 2 aromatic carbocycles. The molecule has 0 unspecified atom stereocenters. The molecule has 8 heteroatoms. The summed E-state index contributed by atoms with van der Waals surface area (Å²) in [5.74, 6) is -1.63. The minimum atomic E-state index is -1.12. The largest absolute Gasteiger partial charge is 0.493 e. The maximum Gasteiger partial charge on any atom is 0.341 e.